The minimum atomic E-state index is -0.216. The number of carbonyl (C=O) groups excluding carboxylic acids is 1. The average Bonchev–Trinajstić information content (AvgIpc) is 2.74. The van der Waals surface area contributed by atoms with Gasteiger partial charge in [0.05, 0.1) is 14.2 Å². The van der Waals surface area contributed by atoms with Crippen molar-refractivity contribution in [1.82, 2.24) is 4.98 Å². The summed E-state index contributed by atoms with van der Waals surface area (Å²) >= 11 is 0. The minimum Gasteiger partial charge on any atom is -0.497 e. The molecule has 0 spiro atoms. The number of methoxy groups -OCH3 is 2. The summed E-state index contributed by atoms with van der Waals surface area (Å²) in [6, 6.07) is 17.2. The van der Waals surface area contributed by atoms with E-state index in [0.29, 0.717) is 11.5 Å². The van der Waals surface area contributed by atoms with E-state index < -0.39 is 0 Å². The normalized spacial score (nSPS) is 10.6. The average molecular weight is 374 g/mol. The first-order valence-electron chi connectivity index (χ1n) is 8.87. The number of hydrogen-bond acceptors (Lipinski definition) is 4. The third-order valence-electron chi connectivity index (χ3n) is 4.23. The summed E-state index contributed by atoms with van der Waals surface area (Å²) in [6.07, 6.45) is 7.57. The van der Waals surface area contributed by atoms with Gasteiger partial charge in [0.2, 0.25) is 5.91 Å². The third kappa shape index (κ3) is 5.20. The van der Waals surface area contributed by atoms with Crippen LogP contribution in [0.5, 0.6) is 11.5 Å². The van der Waals surface area contributed by atoms with Gasteiger partial charge in [-0.05, 0) is 66.1 Å². The molecule has 0 aliphatic heterocycles. The van der Waals surface area contributed by atoms with Gasteiger partial charge in [0.1, 0.15) is 11.5 Å². The molecule has 1 amide bonds. The number of hydrogen-bond donors (Lipinski definition) is 1. The van der Waals surface area contributed by atoms with Gasteiger partial charge in [-0.3, -0.25) is 9.78 Å². The molecule has 0 atom stereocenters. The highest BCUT2D eigenvalue weighted by Gasteiger charge is 2.04. The molecule has 0 saturated carbocycles. The number of aromatic nitrogens is 1. The number of nitrogens with zero attached hydrogens (tertiary/aromatic N) is 1. The molecule has 1 aromatic heterocycles. The number of nitrogens with one attached hydrogen (secondary N) is 1. The fourth-order valence-electron chi connectivity index (χ4n) is 2.76. The lowest BCUT2D eigenvalue weighted by atomic mass is 10.1. The van der Waals surface area contributed by atoms with E-state index in [0.717, 1.165) is 17.7 Å². The van der Waals surface area contributed by atoms with E-state index in [1.54, 1.807) is 38.8 Å². The Balaban J connectivity index is 1.62. The zero-order valence-corrected chi connectivity index (χ0v) is 15.9. The number of ether oxygens (including phenoxy) is 2. The Hall–Kier alpha value is -3.60. The number of anilines is 1. The second-order valence-corrected chi connectivity index (χ2v) is 6.16. The van der Waals surface area contributed by atoms with E-state index >= 15 is 0 Å². The van der Waals surface area contributed by atoms with Crippen LogP contribution in [0.25, 0.3) is 6.08 Å². The topological polar surface area (TPSA) is 60.5 Å². The van der Waals surface area contributed by atoms with Crippen LogP contribution in [0.15, 0.2) is 73.1 Å². The Kier molecular flexibility index (Phi) is 6.41. The third-order valence-corrected chi connectivity index (χ3v) is 4.23. The van der Waals surface area contributed by atoms with Crippen LogP contribution in [0.1, 0.15) is 16.7 Å². The maximum absolute atomic E-state index is 12.2. The van der Waals surface area contributed by atoms with Crippen LogP contribution in [0.2, 0.25) is 0 Å². The first-order valence-corrected chi connectivity index (χ1v) is 8.87. The highest BCUT2D eigenvalue weighted by molar-refractivity contribution is 6.02. The Morgan fingerprint density at radius 3 is 2.36 bits per heavy atom. The molecule has 0 aliphatic rings. The Morgan fingerprint density at radius 1 is 0.964 bits per heavy atom. The molecule has 28 heavy (non-hydrogen) atoms. The van der Waals surface area contributed by atoms with E-state index in [2.05, 4.69) is 10.3 Å². The zero-order chi connectivity index (χ0) is 19.8. The Bertz CT molecular complexity index is 951. The standard InChI is InChI=1S/C23H22N2O3/c1-27-21-8-9-22(28-2)19(16-21)5-10-23(26)25-20-6-3-17(4-7-20)15-18-11-13-24-14-12-18/h3-14,16H,15H2,1-2H3,(H,25,26)/b10-5+. The van der Waals surface area contributed by atoms with Crippen LogP contribution in [0, 0.1) is 0 Å². The Labute approximate surface area is 164 Å². The van der Waals surface area contributed by atoms with Crippen molar-refractivity contribution in [2.45, 2.75) is 6.42 Å². The summed E-state index contributed by atoms with van der Waals surface area (Å²) < 4.78 is 10.5. The maximum Gasteiger partial charge on any atom is 0.248 e. The lowest BCUT2D eigenvalue weighted by Crippen LogP contribution is -2.07. The van der Waals surface area contributed by atoms with Crippen LogP contribution < -0.4 is 14.8 Å². The zero-order valence-electron chi connectivity index (χ0n) is 15.9. The quantitative estimate of drug-likeness (QED) is 0.625. The summed E-state index contributed by atoms with van der Waals surface area (Å²) in [5.41, 5.74) is 3.87. The highest BCUT2D eigenvalue weighted by Crippen LogP contribution is 2.25. The second kappa shape index (κ2) is 9.37. The summed E-state index contributed by atoms with van der Waals surface area (Å²) in [5.74, 6) is 1.16. The van der Waals surface area contributed by atoms with Crippen molar-refractivity contribution in [3.63, 3.8) is 0 Å². The molecule has 2 aromatic carbocycles. The minimum absolute atomic E-state index is 0.216. The molecule has 0 aliphatic carbocycles. The van der Waals surface area contributed by atoms with E-state index in [1.165, 1.54) is 17.2 Å². The fourth-order valence-corrected chi connectivity index (χ4v) is 2.76. The molecule has 0 fully saturated rings. The van der Waals surface area contributed by atoms with Gasteiger partial charge in [-0.2, -0.15) is 0 Å². The number of benzene rings is 2. The molecule has 5 nitrogen and oxygen atoms in total. The molecule has 3 rings (SSSR count). The summed E-state index contributed by atoms with van der Waals surface area (Å²) in [6.45, 7) is 0. The van der Waals surface area contributed by atoms with Crippen LogP contribution in [0.4, 0.5) is 5.69 Å². The SMILES string of the molecule is COc1ccc(OC)c(/C=C/C(=O)Nc2ccc(Cc3ccncc3)cc2)c1. The molecule has 0 radical (unpaired) electrons. The fraction of sp³-hybridized carbons (Fsp3) is 0.130. The molecule has 5 heteroatoms. The lowest BCUT2D eigenvalue weighted by molar-refractivity contribution is -0.111. The lowest BCUT2D eigenvalue weighted by Gasteiger charge is -2.07. The van der Waals surface area contributed by atoms with Crippen molar-refractivity contribution in [1.29, 1.82) is 0 Å². The molecule has 1 heterocycles. The van der Waals surface area contributed by atoms with Crippen LogP contribution in [-0.4, -0.2) is 25.1 Å². The van der Waals surface area contributed by atoms with Crippen molar-refractivity contribution in [2.24, 2.45) is 0 Å². The van der Waals surface area contributed by atoms with Crippen LogP contribution in [-0.2, 0) is 11.2 Å². The van der Waals surface area contributed by atoms with Gasteiger partial charge < -0.3 is 14.8 Å². The molecule has 0 unspecified atom stereocenters. The van der Waals surface area contributed by atoms with Crippen molar-refractivity contribution >= 4 is 17.7 Å². The van der Waals surface area contributed by atoms with Gasteiger partial charge >= 0.3 is 0 Å². The van der Waals surface area contributed by atoms with Gasteiger partial charge in [0, 0.05) is 29.7 Å². The Morgan fingerprint density at radius 2 is 1.68 bits per heavy atom. The molecule has 1 N–H and O–H groups in total. The van der Waals surface area contributed by atoms with Crippen molar-refractivity contribution in [3.8, 4) is 11.5 Å². The van der Waals surface area contributed by atoms with Crippen molar-refractivity contribution in [3.05, 3.63) is 89.8 Å². The number of rotatable bonds is 7. The number of carbonyl (C=O) groups is 1. The first-order chi connectivity index (χ1) is 13.7. The van der Waals surface area contributed by atoms with Gasteiger partial charge in [-0.25, -0.2) is 0 Å². The van der Waals surface area contributed by atoms with Gasteiger partial charge in [-0.15, -0.1) is 0 Å². The van der Waals surface area contributed by atoms with E-state index in [9.17, 15) is 4.79 Å². The second-order valence-electron chi connectivity index (χ2n) is 6.16. The van der Waals surface area contributed by atoms with E-state index in [4.69, 9.17) is 9.47 Å². The molecular formula is C23H22N2O3. The number of pyridine rings is 1. The van der Waals surface area contributed by atoms with Gasteiger partial charge in [0.25, 0.3) is 0 Å². The summed E-state index contributed by atoms with van der Waals surface area (Å²) in [4.78, 5) is 16.3. The highest BCUT2D eigenvalue weighted by atomic mass is 16.5. The predicted molar refractivity (Wildman–Crippen MR) is 111 cm³/mol. The molecule has 0 bridgehead atoms. The molecule has 0 saturated heterocycles. The maximum atomic E-state index is 12.2. The van der Waals surface area contributed by atoms with Crippen LogP contribution >= 0.6 is 0 Å². The monoisotopic (exact) mass is 374 g/mol. The van der Waals surface area contributed by atoms with Crippen molar-refractivity contribution < 1.29 is 14.3 Å². The van der Waals surface area contributed by atoms with E-state index in [-0.39, 0.29) is 5.91 Å². The molecule has 3 aromatic rings. The van der Waals surface area contributed by atoms with Crippen molar-refractivity contribution in [2.75, 3.05) is 19.5 Å². The molecular weight excluding hydrogens is 352 g/mol. The smallest absolute Gasteiger partial charge is 0.248 e. The van der Waals surface area contributed by atoms with Gasteiger partial charge in [-0.1, -0.05) is 12.1 Å². The van der Waals surface area contributed by atoms with Crippen LogP contribution in [0.3, 0.4) is 0 Å². The predicted octanol–water partition coefficient (Wildman–Crippen LogP) is 4.34. The molecule has 142 valence electrons. The number of amides is 1. The van der Waals surface area contributed by atoms with E-state index in [1.807, 2.05) is 48.5 Å². The summed E-state index contributed by atoms with van der Waals surface area (Å²) in [5, 5.41) is 2.86. The summed E-state index contributed by atoms with van der Waals surface area (Å²) in [7, 11) is 3.19. The first kappa shape index (κ1) is 19.2. The van der Waals surface area contributed by atoms with Gasteiger partial charge in [0.15, 0.2) is 0 Å². The largest absolute Gasteiger partial charge is 0.497 e.